The number of hydrogen-bond donors (Lipinski definition) is 2. The van der Waals surface area contributed by atoms with Crippen molar-refractivity contribution >= 4 is 5.96 Å². The molecule has 1 aromatic carbocycles. The molecule has 0 spiro atoms. The molecular formula is C19H27N5O3. The monoisotopic (exact) mass is 373 g/mol. The molecule has 0 unspecified atom stereocenters. The number of aromatic nitrogens is 1. The predicted octanol–water partition coefficient (Wildman–Crippen LogP) is 1.67. The highest BCUT2D eigenvalue weighted by molar-refractivity contribution is 5.80. The summed E-state index contributed by atoms with van der Waals surface area (Å²) in [7, 11) is 1.54. The van der Waals surface area contributed by atoms with Gasteiger partial charge in [0.05, 0.1) is 19.3 Å². The number of hydrogen-bond acceptors (Lipinski definition) is 6. The van der Waals surface area contributed by atoms with Gasteiger partial charge in [0.15, 0.2) is 17.5 Å². The normalized spacial score (nSPS) is 15.8. The summed E-state index contributed by atoms with van der Waals surface area (Å²) in [6, 6.07) is 7.28. The Morgan fingerprint density at radius 3 is 2.74 bits per heavy atom. The number of benzene rings is 1. The number of piperazine rings is 1. The van der Waals surface area contributed by atoms with E-state index < -0.39 is 0 Å². The number of nitrogens with zero attached hydrogens (tertiary/aromatic N) is 4. The van der Waals surface area contributed by atoms with Crippen LogP contribution in [0.1, 0.15) is 18.2 Å². The van der Waals surface area contributed by atoms with E-state index in [1.165, 1.54) is 0 Å². The lowest BCUT2D eigenvalue weighted by molar-refractivity contribution is 0.169. The van der Waals surface area contributed by atoms with Crippen LogP contribution in [0.15, 0.2) is 40.0 Å². The average molecular weight is 373 g/mol. The Bertz CT molecular complexity index is 740. The molecule has 8 nitrogen and oxygen atoms in total. The van der Waals surface area contributed by atoms with Crippen molar-refractivity contribution in [3.63, 3.8) is 0 Å². The van der Waals surface area contributed by atoms with E-state index in [4.69, 9.17) is 14.3 Å². The zero-order valence-corrected chi connectivity index (χ0v) is 15.9. The minimum atomic E-state index is 0.136. The summed E-state index contributed by atoms with van der Waals surface area (Å²) >= 11 is 0. The average Bonchev–Trinajstić information content (AvgIpc) is 3.19. The molecule has 0 saturated carbocycles. The van der Waals surface area contributed by atoms with Crippen molar-refractivity contribution < 1.29 is 14.4 Å². The topological polar surface area (TPSA) is 86.4 Å². The third-order valence-corrected chi connectivity index (χ3v) is 4.54. The molecule has 27 heavy (non-hydrogen) atoms. The second-order valence-corrected chi connectivity index (χ2v) is 6.43. The molecule has 2 heterocycles. The van der Waals surface area contributed by atoms with Gasteiger partial charge in [0.2, 0.25) is 0 Å². The van der Waals surface area contributed by atoms with Gasteiger partial charge in [-0.05, 0) is 24.6 Å². The molecule has 8 heteroatoms. The van der Waals surface area contributed by atoms with Crippen molar-refractivity contribution in [1.82, 2.24) is 20.3 Å². The molecule has 2 aromatic rings. The van der Waals surface area contributed by atoms with Crippen LogP contribution < -0.4 is 10.1 Å². The van der Waals surface area contributed by atoms with E-state index >= 15 is 0 Å². The largest absolute Gasteiger partial charge is 0.504 e. The fourth-order valence-corrected chi connectivity index (χ4v) is 3.09. The van der Waals surface area contributed by atoms with E-state index in [1.54, 1.807) is 25.5 Å². The maximum Gasteiger partial charge on any atom is 0.194 e. The van der Waals surface area contributed by atoms with E-state index in [2.05, 4.69) is 27.2 Å². The highest BCUT2D eigenvalue weighted by Crippen LogP contribution is 2.26. The van der Waals surface area contributed by atoms with Crippen LogP contribution in [0, 0.1) is 0 Å². The number of phenolic OH excluding ortho intramolecular Hbond substituents is 1. The van der Waals surface area contributed by atoms with Crippen molar-refractivity contribution in [3.05, 3.63) is 41.8 Å². The highest BCUT2D eigenvalue weighted by atomic mass is 16.5. The van der Waals surface area contributed by atoms with Crippen LogP contribution in [-0.4, -0.2) is 65.9 Å². The minimum Gasteiger partial charge on any atom is -0.504 e. The first-order chi connectivity index (χ1) is 13.2. The predicted molar refractivity (Wildman–Crippen MR) is 103 cm³/mol. The summed E-state index contributed by atoms with van der Waals surface area (Å²) in [5.41, 5.74) is 1.90. The van der Waals surface area contributed by atoms with Gasteiger partial charge in [-0.15, -0.1) is 0 Å². The summed E-state index contributed by atoms with van der Waals surface area (Å²) in [5, 5.41) is 17.3. The van der Waals surface area contributed by atoms with Crippen LogP contribution in [0.25, 0.3) is 0 Å². The van der Waals surface area contributed by atoms with Gasteiger partial charge in [-0.25, -0.2) is 4.99 Å². The lowest BCUT2D eigenvalue weighted by Crippen LogP contribution is -2.52. The number of guanidine groups is 1. The molecule has 0 atom stereocenters. The van der Waals surface area contributed by atoms with Crippen LogP contribution in [0.2, 0.25) is 0 Å². The van der Waals surface area contributed by atoms with Gasteiger partial charge in [0, 0.05) is 45.3 Å². The number of aliphatic imine (C=N–C) groups is 1. The molecule has 0 aliphatic carbocycles. The molecule has 1 aliphatic heterocycles. The van der Waals surface area contributed by atoms with Crippen molar-refractivity contribution in [1.29, 1.82) is 0 Å². The first-order valence-corrected chi connectivity index (χ1v) is 9.20. The number of ether oxygens (including phenoxy) is 1. The molecule has 146 valence electrons. The lowest BCUT2D eigenvalue weighted by atomic mass is 10.2. The third-order valence-electron chi connectivity index (χ3n) is 4.54. The minimum absolute atomic E-state index is 0.136. The van der Waals surface area contributed by atoms with Gasteiger partial charge in [-0.1, -0.05) is 11.2 Å². The maximum absolute atomic E-state index is 9.93. The number of methoxy groups -OCH3 is 1. The molecule has 1 fully saturated rings. The Morgan fingerprint density at radius 2 is 2.11 bits per heavy atom. The van der Waals surface area contributed by atoms with Gasteiger partial charge >= 0.3 is 0 Å². The molecule has 1 aromatic heterocycles. The SMILES string of the molecule is CCNC(=NCc1ccc(OC)c(O)c1)N1CCN(Cc2ccon2)CC1. The van der Waals surface area contributed by atoms with E-state index in [0.29, 0.717) is 12.3 Å². The number of aromatic hydroxyl groups is 1. The van der Waals surface area contributed by atoms with Crippen LogP contribution >= 0.6 is 0 Å². The Hall–Kier alpha value is -2.74. The van der Waals surface area contributed by atoms with Crippen LogP contribution in [-0.2, 0) is 13.1 Å². The van der Waals surface area contributed by atoms with Gasteiger partial charge < -0.3 is 24.6 Å². The fourth-order valence-electron chi connectivity index (χ4n) is 3.09. The summed E-state index contributed by atoms with van der Waals surface area (Å²) in [6.07, 6.45) is 1.61. The standard InChI is InChI=1S/C19H27N5O3/c1-3-20-19(21-13-15-4-5-18(26-2)17(25)12-15)24-9-7-23(8-10-24)14-16-6-11-27-22-16/h4-6,11-12,25H,3,7-10,13-14H2,1-2H3,(H,20,21). The molecule has 0 amide bonds. The second-order valence-electron chi connectivity index (χ2n) is 6.43. The quantitative estimate of drug-likeness (QED) is 0.588. The second kappa shape index (κ2) is 9.27. The fraction of sp³-hybridized carbons (Fsp3) is 0.474. The zero-order chi connectivity index (χ0) is 19.1. The van der Waals surface area contributed by atoms with E-state index in [0.717, 1.165) is 56.5 Å². The number of phenols is 1. The first-order valence-electron chi connectivity index (χ1n) is 9.20. The van der Waals surface area contributed by atoms with Crippen molar-refractivity contribution in [2.24, 2.45) is 4.99 Å². The summed E-state index contributed by atoms with van der Waals surface area (Å²) in [4.78, 5) is 9.37. The van der Waals surface area contributed by atoms with E-state index in [-0.39, 0.29) is 5.75 Å². The zero-order valence-electron chi connectivity index (χ0n) is 15.9. The number of nitrogens with one attached hydrogen (secondary N) is 1. The van der Waals surface area contributed by atoms with Gasteiger partial charge in [-0.3, -0.25) is 4.90 Å². The molecule has 1 aliphatic rings. The Kier molecular flexibility index (Phi) is 6.54. The smallest absolute Gasteiger partial charge is 0.194 e. The molecule has 1 saturated heterocycles. The first kappa shape index (κ1) is 19.0. The van der Waals surface area contributed by atoms with Crippen LogP contribution in [0.5, 0.6) is 11.5 Å². The Morgan fingerprint density at radius 1 is 1.30 bits per heavy atom. The van der Waals surface area contributed by atoms with Crippen molar-refractivity contribution in [2.45, 2.75) is 20.0 Å². The summed E-state index contributed by atoms with van der Waals surface area (Å²) in [5.74, 6) is 1.50. The van der Waals surface area contributed by atoms with Crippen LogP contribution in [0.3, 0.4) is 0 Å². The van der Waals surface area contributed by atoms with Gasteiger partial charge in [-0.2, -0.15) is 0 Å². The van der Waals surface area contributed by atoms with Crippen molar-refractivity contribution in [3.8, 4) is 11.5 Å². The lowest BCUT2D eigenvalue weighted by Gasteiger charge is -2.36. The third kappa shape index (κ3) is 5.13. The van der Waals surface area contributed by atoms with Crippen molar-refractivity contribution in [2.75, 3.05) is 39.8 Å². The molecular weight excluding hydrogens is 346 g/mol. The van der Waals surface area contributed by atoms with E-state index in [9.17, 15) is 5.11 Å². The van der Waals surface area contributed by atoms with Gasteiger partial charge in [0.25, 0.3) is 0 Å². The molecule has 0 bridgehead atoms. The molecule has 0 radical (unpaired) electrons. The Balaban J connectivity index is 1.58. The summed E-state index contributed by atoms with van der Waals surface area (Å²) < 4.78 is 9.99. The van der Waals surface area contributed by atoms with Crippen LogP contribution in [0.4, 0.5) is 0 Å². The molecule has 3 rings (SSSR count). The number of rotatable bonds is 6. The van der Waals surface area contributed by atoms with E-state index in [1.807, 2.05) is 12.1 Å². The van der Waals surface area contributed by atoms with Gasteiger partial charge in [0.1, 0.15) is 6.26 Å². The highest BCUT2D eigenvalue weighted by Gasteiger charge is 2.20. The Labute approximate surface area is 159 Å². The molecule has 2 N–H and O–H groups in total. The maximum atomic E-state index is 9.93. The summed E-state index contributed by atoms with van der Waals surface area (Å²) in [6.45, 7) is 7.87.